The topological polar surface area (TPSA) is 89.1 Å². The molecule has 4 aromatic rings. The molecule has 0 spiro atoms. The van der Waals surface area contributed by atoms with E-state index in [0.29, 0.717) is 43.5 Å². The van der Waals surface area contributed by atoms with Gasteiger partial charge in [0.05, 0.1) is 26.7 Å². The average molecular weight is 394 g/mol. The van der Waals surface area contributed by atoms with Crippen LogP contribution in [0.4, 0.5) is 5.69 Å². The van der Waals surface area contributed by atoms with Gasteiger partial charge >= 0.3 is 0 Å². The smallest absolute Gasteiger partial charge is 0.271 e. The molecule has 0 radical (unpaired) electrons. The molecule has 0 bridgehead atoms. The van der Waals surface area contributed by atoms with Gasteiger partial charge in [0, 0.05) is 24.1 Å². The molecule has 0 saturated carbocycles. The molecular formula is C15H9Cl2N5O2S. The zero-order valence-corrected chi connectivity index (χ0v) is 14.8. The molecule has 0 fully saturated rings. The van der Waals surface area contributed by atoms with Crippen LogP contribution >= 0.6 is 35.0 Å². The summed E-state index contributed by atoms with van der Waals surface area (Å²) in [5.41, 5.74) is 2.73. The van der Waals surface area contributed by atoms with Gasteiger partial charge in [0.15, 0.2) is 5.16 Å². The highest BCUT2D eigenvalue weighted by molar-refractivity contribution is 7.98. The highest BCUT2D eigenvalue weighted by Crippen LogP contribution is 2.28. The molecule has 0 saturated heterocycles. The second-order valence-electron chi connectivity index (χ2n) is 5.21. The van der Waals surface area contributed by atoms with Crippen molar-refractivity contribution in [2.24, 2.45) is 0 Å². The molecule has 1 N–H and O–H groups in total. The Morgan fingerprint density at radius 3 is 2.88 bits per heavy atom. The van der Waals surface area contributed by atoms with E-state index in [2.05, 4.69) is 15.0 Å². The first-order chi connectivity index (χ1) is 12.0. The zero-order chi connectivity index (χ0) is 17.6. The van der Waals surface area contributed by atoms with Crippen molar-refractivity contribution in [1.82, 2.24) is 19.4 Å². The van der Waals surface area contributed by atoms with Gasteiger partial charge in [-0.1, -0.05) is 35.0 Å². The maximum atomic E-state index is 10.8. The molecule has 7 nitrogen and oxygen atoms in total. The van der Waals surface area contributed by atoms with E-state index < -0.39 is 4.92 Å². The quantitative estimate of drug-likeness (QED) is 0.307. The molecule has 0 unspecified atom stereocenters. The number of benzene rings is 1. The summed E-state index contributed by atoms with van der Waals surface area (Å²) in [7, 11) is 0. The largest absolute Gasteiger partial charge is 0.333 e. The fourth-order valence-corrected chi connectivity index (χ4v) is 3.73. The van der Waals surface area contributed by atoms with Gasteiger partial charge in [0.1, 0.15) is 10.8 Å². The second-order valence-corrected chi connectivity index (χ2v) is 6.97. The summed E-state index contributed by atoms with van der Waals surface area (Å²) < 4.78 is 1.72. The molecule has 25 heavy (non-hydrogen) atoms. The van der Waals surface area contributed by atoms with E-state index in [0.717, 1.165) is 0 Å². The minimum absolute atomic E-state index is 0.0213. The summed E-state index contributed by atoms with van der Waals surface area (Å²) in [6, 6.07) is 8.06. The third-order valence-electron chi connectivity index (χ3n) is 3.59. The van der Waals surface area contributed by atoms with E-state index in [9.17, 15) is 10.1 Å². The first kappa shape index (κ1) is 16.2. The van der Waals surface area contributed by atoms with Crippen LogP contribution < -0.4 is 0 Å². The Balaban J connectivity index is 1.60. The monoisotopic (exact) mass is 393 g/mol. The van der Waals surface area contributed by atoms with E-state index in [-0.39, 0.29) is 5.69 Å². The van der Waals surface area contributed by atoms with Gasteiger partial charge < -0.3 is 4.98 Å². The maximum Gasteiger partial charge on any atom is 0.271 e. The highest BCUT2D eigenvalue weighted by Gasteiger charge is 2.13. The third kappa shape index (κ3) is 3.04. The van der Waals surface area contributed by atoms with Crippen LogP contribution in [-0.4, -0.2) is 24.3 Å². The van der Waals surface area contributed by atoms with Gasteiger partial charge in [-0.05, 0) is 18.2 Å². The Morgan fingerprint density at radius 1 is 1.24 bits per heavy atom. The number of thioether (sulfide) groups is 1. The third-order valence-corrected chi connectivity index (χ3v) is 5.10. The maximum absolute atomic E-state index is 10.8. The molecule has 3 aromatic heterocycles. The Bertz CT molecular complexity index is 1120. The van der Waals surface area contributed by atoms with Crippen LogP contribution in [0.5, 0.6) is 0 Å². The van der Waals surface area contributed by atoms with Crippen LogP contribution in [0.15, 0.2) is 41.7 Å². The minimum Gasteiger partial charge on any atom is -0.333 e. The predicted octanol–water partition coefficient (Wildman–Crippen LogP) is 4.72. The number of nitrogens with one attached hydrogen (secondary N) is 1. The Morgan fingerprint density at radius 2 is 2.08 bits per heavy atom. The molecule has 0 aliphatic heterocycles. The number of aromatic amines is 1. The van der Waals surface area contributed by atoms with Gasteiger partial charge in [-0.25, -0.2) is 9.97 Å². The molecule has 126 valence electrons. The molecule has 10 heteroatoms. The van der Waals surface area contributed by atoms with Gasteiger partial charge in [0.2, 0.25) is 0 Å². The molecule has 0 aliphatic rings. The number of aromatic nitrogens is 4. The second kappa shape index (κ2) is 6.21. The molecule has 0 aliphatic carbocycles. The molecule has 4 rings (SSSR count). The summed E-state index contributed by atoms with van der Waals surface area (Å²) in [5.74, 6) is 0.500. The first-order valence-electron chi connectivity index (χ1n) is 7.10. The van der Waals surface area contributed by atoms with E-state index in [1.54, 1.807) is 28.8 Å². The van der Waals surface area contributed by atoms with E-state index in [1.807, 2.05) is 0 Å². The molecule has 3 heterocycles. The van der Waals surface area contributed by atoms with Gasteiger partial charge in [-0.3, -0.25) is 14.5 Å². The Kier molecular flexibility index (Phi) is 4.03. The number of nitro benzene ring substituents is 1. The lowest BCUT2D eigenvalue weighted by Gasteiger charge is -1.96. The van der Waals surface area contributed by atoms with Gasteiger partial charge in [0.25, 0.3) is 5.69 Å². The molecular weight excluding hydrogens is 385 g/mol. The lowest BCUT2D eigenvalue weighted by Crippen LogP contribution is -1.86. The summed E-state index contributed by atoms with van der Waals surface area (Å²) in [6.07, 6.45) is 1.71. The van der Waals surface area contributed by atoms with E-state index in [4.69, 9.17) is 23.2 Å². The number of halogens is 2. The van der Waals surface area contributed by atoms with Crippen molar-refractivity contribution in [3.05, 3.63) is 62.5 Å². The number of nitrogens with zero attached hydrogens (tertiary/aromatic N) is 4. The lowest BCUT2D eigenvalue weighted by molar-refractivity contribution is -0.384. The molecule has 1 aromatic carbocycles. The zero-order valence-electron chi connectivity index (χ0n) is 12.4. The van der Waals surface area contributed by atoms with Crippen LogP contribution in [-0.2, 0) is 5.75 Å². The number of nitro groups is 1. The van der Waals surface area contributed by atoms with Crippen LogP contribution in [0.2, 0.25) is 10.2 Å². The molecule has 0 amide bonds. The minimum atomic E-state index is -0.436. The van der Waals surface area contributed by atoms with Crippen molar-refractivity contribution in [2.75, 3.05) is 0 Å². The lowest BCUT2D eigenvalue weighted by atomic mass is 10.3. The van der Waals surface area contributed by atoms with Crippen LogP contribution in [0.1, 0.15) is 5.69 Å². The van der Waals surface area contributed by atoms with Gasteiger partial charge in [-0.2, -0.15) is 0 Å². The number of rotatable bonds is 4. The summed E-state index contributed by atoms with van der Waals surface area (Å²) >= 11 is 13.7. The predicted molar refractivity (Wildman–Crippen MR) is 97.5 cm³/mol. The summed E-state index contributed by atoms with van der Waals surface area (Å²) in [5, 5.41) is 12.6. The number of hydrogen-bond donors (Lipinski definition) is 1. The van der Waals surface area contributed by atoms with E-state index in [1.165, 1.54) is 23.9 Å². The van der Waals surface area contributed by atoms with Gasteiger partial charge in [-0.15, -0.1) is 0 Å². The number of non-ortho nitro benzene ring substituents is 1. The number of fused-ring (bicyclic) bond motifs is 2. The first-order valence-corrected chi connectivity index (χ1v) is 8.84. The SMILES string of the molecule is O=[N+]([O-])c1ccc2nc(SCc3nc4ccc(Cl)cn4c3Cl)[nH]c2c1. The number of pyridine rings is 1. The summed E-state index contributed by atoms with van der Waals surface area (Å²) in [6.45, 7) is 0. The van der Waals surface area contributed by atoms with Crippen molar-refractivity contribution in [1.29, 1.82) is 0 Å². The highest BCUT2D eigenvalue weighted by atomic mass is 35.5. The van der Waals surface area contributed by atoms with E-state index >= 15 is 0 Å². The molecule has 0 atom stereocenters. The average Bonchev–Trinajstić information content (AvgIpc) is 3.13. The Labute approximate surface area is 155 Å². The van der Waals surface area contributed by atoms with Crippen LogP contribution in [0.25, 0.3) is 16.7 Å². The van der Waals surface area contributed by atoms with Crippen molar-refractivity contribution in [3.63, 3.8) is 0 Å². The normalized spacial score (nSPS) is 11.4. The number of hydrogen-bond acceptors (Lipinski definition) is 5. The van der Waals surface area contributed by atoms with Crippen molar-refractivity contribution < 1.29 is 4.92 Å². The van der Waals surface area contributed by atoms with Crippen molar-refractivity contribution >= 4 is 57.3 Å². The fourth-order valence-electron chi connectivity index (χ4n) is 2.42. The standard InChI is InChI=1S/C15H9Cl2N5O2S/c16-8-1-4-13-18-12(14(17)21(13)6-8)7-25-15-19-10-3-2-9(22(23)24)5-11(10)20-15/h1-6H,7H2,(H,19,20). The van der Waals surface area contributed by atoms with Crippen molar-refractivity contribution in [3.8, 4) is 0 Å². The number of imidazole rings is 2. The fraction of sp³-hybridized carbons (Fsp3) is 0.0667. The van der Waals surface area contributed by atoms with Crippen LogP contribution in [0, 0.1) is 10.1 Å². The Hall–Kier alpha value is -2.29. The van der Waals surface area contributed by atoms with Crippen molar-refractivity contribution in [2.45, 2.75) is 10.9 Å². The van der Waals surface area contributed by atoms with Crippen LogP contribution in [0.3, 0.4) is 0 Å². The summed E-state index contributed by atoms with van der Waals surface area (Å²) in [4.78, 5) is 22.4. The number of H-pyrrole nitrogens is 1.